The molecule has 0 bridgehead atoms. The van der Waals surface area contributed by atoms with Crippen molar-refractivity contribution in [2.75, 3.05) is 0 Å². The Labute approximate surface area is 139 Å². The summed E-state index contributed by atoms with van der Waals surface area (Å²) >= 11 is 14.6. The molecule has 2 aromatic carbocycles. The van der Waals surface area contributed by atoms with Crippen molar-refractivity contribution in [3.8, 4) is 0 Å². The van der Waals surface area contributed by atoms with Crippen LogP contribution in [0.25, 0.3) is 0 Å². The van der Waals surface area contributed by atoms with E-state index in [0.29, 0.717) is 10.6 Å². The molecule has 0 aliphatic carbocycles. The van der Waals surface area contributed by atoms with Crippen LogP contribution in [-0.2, 0) is 10.0 Å². The maximum absolute atomic E-state index is 13.3. The molecule has 0 unspecified atom stereocenters. The van der Waals surface area contributed by atoms with Crippen molar-refractivity contribution in [3.63, 3.8) is 0 Å². The summed E-state index contributed by atoms with van der Waals surface area (Å²) in [4.78, 5) is -0.169. The highest BCUT2D eigenvalue weighted by Gasteiger charge is 2.16. The Morgan fingerprint density at radius 2 is 1.90 bits per heavy atom. The lowest BCUT2D eigenvalue weighted by Gasteiger charge is -2.03. The first-order chi connectivity index (χ1) is 9.81. The Morgan fingerprint density at radius 1 is 1.19 bits per heavy atom. The second-order valence-corrected chi connectivity index (χ2v) is 7.16. The number of rotatable bonds is 3. The third-order valence-electron chi connectivity index (χ3n) is 2.48. The summed E-state index contributed by atoms with van der Waals surface area (Å²) in [5.74, 6) is -0.513. The van der Waals surface area contributed by atoms with Crippen LogP contribution in [0.5, 0.6) is 0 Å². The molecule has 3 nitrogen and oxygen atoms in total. The average molecular weight is 411 g/mol. The highest BCUT2D eigenvalue weighted by atomic mass is 79.9. The second kappa shape index (κ2) is 6.44. The van der Waals surface area contributed by atoms with Gasteiger partial charge in [-0.2, -0.15) is 12.8 Å². The summed E-state index contributed by atoms with van der Waals surface area (Å²) in [6.45, 7) is 0. The van der Waals surface area contributed by atoms with Gasteiger partial charge in [0, 0.05) is 16.8 Å². The minimum absolute atomic E-state index is 0.0297. The van der Waals surface area contributed by atoms with Crippen molar-refractivity contribution in [2.45, 2.75) is 4.90 Å². The molecular formula is C13H7BrCl2FNO2S. The quantitative estimate of drug-likeness (QED) is 0.688. The lowest BCUT2D eigenvalue weighted by Crippen LogP contribution is -1.99. The van der Waals surface area contributed by atoms with Crippen LogP contribution in [0, 0.1) is 5.82 Å². The topological polar surface area (TPSA) is 46.5 Å². The van der Waals surface area contributed by atoms with E-state index in [-0.39, 0.29) is 14.4 Å². The Balaban J connectivity index is 2.41. The molecule has 0 heterocycles. The third-order valence-corrected chi connectivity index (χ3v) is 5.28. The summed E-state index contributed by atoms with van der Waals surface area (Å²) in [6.07, 6.45) is 1.05. The molecule has 0 spiro atoms. The van der Waals surface area contributed by atoms with Crippen LogP contribution in [0.2, 0.25) is 10.0 Å². The normalized spacial score (nSPS) is 12.0. The van der Waals surface area contributed by atoms with E-state index >= 15 is 0 Å². The molecule has 0 saturated carbocycles. The van der Waals surface area contributed by atoms with Crippen LogP contribution >= 0.6 is 39.1 Å². The Hall–Kier alpha value is -0.950. The summed E-state index contributed by atoms with van der Waals surface area (Å²) in [6, 6.07) is 8.18. The number of sulfonamides is 1. The predicted octanol–water partition coefficient (Wildman–Crippen LogP) is 4.70. The summed E-state index contributed by atoms with van der Waals surface area (Å²) in [7, 11) is -4.00. The maximum Gasteiger partial charge on any atom is 0.283 e. The van der Waals surface area contributed by atoms with Gasteiger partial charge in [0.1, 0.15) is 10.7 Å². The Kier molecular flexibility index (Phi) is 5.03. The number of benzene rings is 2. The first-order valence-corrected chi connectivity index (χ1v) is 8.49. The standard InChI is InChI=1S/C13H7BrCl2FNO2S/c14-13-8(2-1-3-11(13)17)7-18-21(19,20)12-5-4-9(15)6-10(12)16/h1-7H/b18-7+. The number of nitrogens with zero attached hydrogens (tertiary/aromatic N) is 1. The van der Waals surface area contributed by atoms with Crippen LogP contribution < -0.4 is 0 Å². The zero-order valence-corrected chi connectivity index (χ0v) is 14.1. The highest BCUT2D eigenvalue weighted by Crippen LogP contribution is 2.26. The van der Waals surface area contributed by atoms with E-state index in [1.54, 1.807) is 0 Å². The van der Waals surface area contributed by atoms with E-state index in [0.717, 1.165) is 6.21 Å². The van der Waals surface area contributed by atoms with Crippen LogP contribution in [0.15, 0.2) is 50.2 Å². The number of hydrogen-bond acceptors (Lipinski definition) is 2. The molecule has 0 atom stereocenters. The van der Waals surface area contributed by atoms with Gasteiger partial charge in [-0.1, -0.05) is 35.3 Å². The van der Waals surface area contributed by atoms with Gasteiger partial charge in [0.05, 0.1) is 9.50 Å². The van der Waals surface area contributed by atoms with E-state index in [1.807, 2.05) is 0 Å². The molecule has 21 heavy (non-hydrogen) atoms. The summed E-state index contributed by atoms with van der Waals surface area (Å²) in [5, 5.41) is 0.286. The third kappa shape index (κ3) is 3.83. The molecule has 0 aliphatic heterocycles. The molecule has 2 rings (SSSR count). The van der Waals surface area contributed by atoms with E-state index in [2.05, 4.69) is 20.3 Å². The predicted molar refractivity (Wildman–Crippen MR) is 85.3 cm³/mol. The highest BCUT2D eigenvalue weighted by molar-refractivity contribution is 9.10. The molecule has 0 saturated heterocycles. The first-order valence-electron chi connectivity index (χ1n) is 5.50. The van der Waals surface area contributed by atoms with E-state index < -0.39 is 15.8 Å². The smallest absolute Gasteiger partial charge is 0.206 e. The molecule has 110 valence electrons. The largest absolute Gasteiger partial charge is 0.283 e. The molecule has 8 heteroatoms. The lowest BCUT2D eigenvalue weighted by molar-refractivity contribution is 0.598. The van der Waals surface area contributed by atoms with Gasteiger partial charge in [0.15, 0.2) is 0 Å². The molecule has 2 aromatic rings. The second-order valence-electron chi connectivity index (χ2n) is 3.93. The van der Waals surface area contributed by atoms with Gasteiger partial charge in [-0.25, -0.2) is 4.39 Å². The molecule has 0 radical (unpaired) electrons. The van der Waals surface area contributed by atoms with Crippen LogP contribution in [0.4, 0.5) is 4.39 Å². The first kappa shape index (κ1) is 16.4. The van der Waals surface area contributed by atoms with Crippen molar-refractivity contribution >= 4 is 55.4 Å². The maximum atomic E-state index is 13.3. The van der Waals surface area contributed by atoms with Crippen molar-refractivity contribution in [2.24, 2.45) is 4.40 Å². The fourth-order valence-corrected chi connectivity index (χ4v) is 3.47. The Bertz CT molecular complexity index is 825. The SMILES string of the molecule is O=S(=O)(/N=C/c1cccc(F)c1Br)c1ccc(Cl)cc1Cl. The minimum Gasteiger partial charge on any atom is -0.206 e. The zero-order valence-electron chi connectivity index (χ0n) is 10.2. The molecule has 0 N–H and O–H groups in total. The zero-order chi connectivity index (χ0) is 15.6. The van der Waals surface area contributed by atoms with Gasteiger partial charge < -0.3 is 0 Å². The monoisotopic (exact) mass is 409 g/mol. The van der Waals surface area contributed by atoms with Gasteiger partial charge >= 0.3 is 0 Å². The van der Waals surface area contributed by atoms with Crippen molar-refractivity contribution in [1.29, 1.82) is 0 Å². The Morgan fingerprint density at radius 3 is 2.57 bits per heavy atom. The molecular weight excluding hydrogens is 404 g/mol. The van der Waals surface area contributed by atoms with Gasteiger partial charge in [0.2, 0.25) is 0 Å². The number of halogens is 4. The molecule has 0 fully saturated rings. The van der Waals surface area contributed by atoms with Gasteiger partial charge in [-0.15, -0.1) is 0 Å². The van der Waals surface area contributed by atoms with Crippen molar-refractivity contribution in [3.05, 3.63) is 62.3 Å². The van der Waals surface area contributed by atoms with Crippen LogP contribution in [0.1, 0.15) is 5.56 Å². The fraction of sp³-hybridized carbons (Fsp3) is 0. The summed E-state index contributed by atoms with van der Waals surface area (Å²) in [5.41, 5.74) is 0.295. The van der Waals surface area contributed by atoms with E-state index in [4.69, 9.17) is 23.2 Å². The lowest BCUT2D eigenvalue weighted by atomic mass is 10.2. The fourth-order valence-electron chi connectivity index (χ4n) is 1.49. The molecule has 0 amide bonds. The van der Waals surface area contributed by atoms with Crippen LogP contribution in [-0.4, -0.2) is 14.6 Å². The molecule has 0 aromatic heterocycles. The van der Waals surface area contributed by atoms with Gasteiger partial charge in [-0.3, -0.25) is 0 Å². The van der Waals surface area contributed by atoms with Gasteiger partial charge in [0.25, 0.3) is 10.0 Å². The van der Waals surface area contributed by atoms with E-state index in [9.17, 15) is 12.8 Å². The van der Waals surface area contributed by atoms with Crippen LogP contribution in [0.3, 0.4) is 0 Å². The molecule has 0 aliphatic rings. The number of hydrogen-bond donors (Lipinski definition) is 0. The van der Waals surface area contributed by atoms with Crippen molar-refractivity contribution < 1.29 is 12.8 Å². The van der Waals surface area contributed by atoms with Gasteiger partial charge in [-0.05, 0) is 40.2 Å². The van der Waals surface area contributed by atoms with Crippen molar-refractivity contribution in [1.82, 2.24) is 0 Å². The minimum atomic E-state index is -4.00. The van der Waals surface area contributed by atoms with E-state index in [1.165, 1.54) is 36.4 Å². The summed E-state index contributed by atoms with van der Waals surface area (Å²) < 4.78 is 41.2. The average Bonchev–Trinajstić information content (AvgIpc) is 2.40.